The molecule has 0 heterocycles. The molecular formula is C19H30BrIN4O. The zero-order valence-corrected chi connectivity index (χ0v) is 20.1. The van der Waals surface area contributed by atoms with Crippen molar-refractivity contribution in [3.05, 3.63) is 34.3 Å². The minimum Gasteiger partial charge on any atom is -0.355 e. The number of benzene rings is 1. The molecule has 2 N–H and O–H groups in total. The highest BCUT2D eigenvalue weighted by Gasteiger charge is 2.45. The number of carbonyl (C=O) groups is 1. The molecule has 0 spiro atoms. The summed E-state index contributed by atoms with van der Waals surface area (Å²) in [5.41, 5.74) is 1.27. The van der Waals surface area contributed by atoms with Gasteiger partial charge in [0.05, 0.1) is 6.54 Å². The van der Waals surface area contributed by atoms with Crippen molar-refractivity contribution in [3.63, 3.8) is 0 Å². The molecule has 2 rings (SSSR count). The van der Waals surface area contributed by atoms with Gasteiger partial charge < -0.3 is 15.5 Å². The molecule has 0 atom stereocenters. The first kappa shape index (κ1) is 23.2. The summed E-state index contributed by atoms with van der Waals surface area (Å²) in [4.78, 5) is 18.3. The summed E-state index contributed by atoms with van der Waals surface area (Å²) in [6.45, 7) is 7.03. The topological polar surface area (TPSA) is 56.7 Å². The molecule has 0 bridgehead atoms. The van der Waals surface area contributed by atoms with E-state index in [0.717, 1.165) is 29.8 Å². The zero-order valence-electron chi connectivity index (χ0n) is 16.2. The average Bonchev–Trinajstić information content (AvgIpc) is 3.27. The van der Waals surface area contributed by atoms with Gasteiger partial charge in [-0.15, -0.1) is 24.0 Å². The molecule has 0 unspecified atom stereocenters. The standard InChI is InChI=1S/C19H29BrN4O.HI/c1-18(2,3)23-16(25)12-24(5)17(21-4)22-13-19(10-11-19)14-8-6-7-9-15(14)20;/h6-9H,10-13H2,1-5H3,(H,21,22)(H,23,25);1H. The van der Waals surface area contributed by atoms with Crippen molar-refractivity contribution in [1.82, 2.24) is 15.5 Å². The van der Waals surface area contributed by atoms with Crippen molar-refractivity contribution >= 4 is 51.8 Å². The molecule has 1 amide bonds. The van der Waals surface area contributed by atoms with E-state index in [0.29, 0.717) is 0 Å². The van der Waals surface area contributed by atoms with E-state index in [9.17, 15) is 4.79 Å². The number of amides is 1. The van der Waals surface area contributed by atoms with Gasteiger partial charge >= 0.3 is 0 Å². The zero-order chi connectivity index (χ0) is 18.7. The number of hydrogen-bond acceptors (Lipinski definition) is 2. The maximum atomic E-state index is 12.1. The molecule has 0 saturated heterocycles. The number of guanidine groups is 1. The monoisotopic (exact) mass is 536 g/mol. The molecule has 0 aliphatic heterocycles. The van der Waals surface area contributed by atoms with E-state index >= 15 is 0 Å². The summed E-state index contributed by atoms with van der Waals surface area (Å²) in [5.74, 6) is 0.729. The Morgan fingerprint density at radius 1 is 1.31 bits per heavy atom. The Morgan fingerprint density at radius 3 is 2.42 bits per heavy atom. The van der Waals surface area contributed by atoms with Crippen LogP contribution >= 0.6 is 39.9 Å². The average molecular weight is 537 g/mol. The highest BCUT2D eigenvalue weighted by molar-refractivity contribution is 14.0. The first-order valence-corrected chi connectivity index (χ1v) is 9.44. The molecule has 1 fully saturated rings. The van der Waals surface area contributed by atoms with Gasteiger partial charge in [-0.05, 0) is 45.2 Å². The molecule has 7 heteroatoms. The van der Waals surface area contributed by atoms with Crippen LogP contribution in [0.2, 0.25) is 0 Å². The van der Waals surface area contributed by atoms with Gasteiger partial charge in [0.25, 0.3) is 0 Å². The van der Waals surface area contributed by atoms with Crippen LogP contribution in [0.1, 0.15) is 39.2 Å². The lowest BCUT2D eigenvalue weighted by Gasteiger charge is -2.27. The van der Waals surface area contributed by atoms with Crippen LogP contribution in [-0.2, 0) is 10.2 Å². The highest BCUT2D eigenvalue weighted by atomic mass is 127. The van der Waals surface area contributed by atoms with Gasteiger partial charge in [-0.1, -0.05) is 34.1 Å². The number of rotatable bonds is 5. The van der Waals surface area contributed by atoms with Crippen LogP contribution in [-0.4, -0.2) is 49.5 Å². The molecule has 5 nitrogen and oxygen atoms in total. The van der Waals surface area contributed by atoms with E-state index < -0.39 is 0 Å². The van der Waals surface area contributed by atoms with E-state index in [4.69, 9.17) is 0 Å². The summed E-state index contributed by atoms with van der Waals surface area (Å²) in [6, 6.07) is 8.39. The lowest BCUT2D eigenvalue weighted by Crippen LogP contribution is -2.49. The van der Waals surface area contributed by atoms with Crippen LogP contribution in [0.25, 0.3) is 0 Å². The highest BCUT2D eigenvalue weighted by Crippen LogP contribution is 2.49. The van der Waals surface area contributed by atoms with Gasteiger partial charge in [-0.25, -0.2) is 0 Å². The quantitative estimate of drug-likeness (QED) is 0.344. The van der Waals surface area contributed by atoms with E-state index in [1.54, 1.807) is 7.05 Å². The number of likely N-dealkylation sites (N-methyl/N-ethyl adjacent to an activating group) is 1. The van der Waals surface area contributed by atoms with Crippen LogP contribution < -0.4 is 10.6 Å². The Hall–Kier alpha value is -0.830. The summed E-state index contributed by atoms with van der Waals surface area (Å²) < 4.78 is 1.15. The molecule has 1 aromatic rings. The molecule has 1 aromatic carbocycles. The number of carbonyl (C=O) groups excluding carboxylic acids is 1. The normalized spacial score (nSPS) is 15.7. The van der Waals surface area contributed by atoms with Gasteiger partial charge in [0.2, 0.25) is 5.91 Å². The number of nitrogens with zero attached hydrogens (tertiary/aromatic N) is 2. The van der Waals surface area contributed by atoms with Crippen molar-refractivity contribution in [3.8, 4) is 0 Å². The fourth-order valence-electron chi connectivity index (χ4n) is 2.96. The third-order valence-corrected chi connectivity index (χ3v) is 5.04. The predicted molar refractivity (Wildman–Crippen MR) is 122 cm³/mol. The minimum atomic E-state index is -0.230. The number of nitrogens with one attached hydrogen (secondary N) is 2. The van der Waals surface area contributed by atoms with Crippen LogP contribution in [0, 0.1) is 0 Å². The van der Waals surface area contributed by atoms with Gasteiger partial charge in [-0.2, -0.15) is 0 Å². The van der Waals surface area contributed by atoms with Crippen molar-refractivity contribution in [2.45, 2.75) is 44.6 Å². The van der Waals surface area contributed by atoms with E-state index in [1.165, 1.54) is 5.56 Å². The smallest absolute Gasteiger partial charge is 0.240 e. The first-order valence-electron chi connectivity index (χ1n) is 8.65. The SMILES string of the molecule is CN=C(NCC1(c2ccccc2Br)CC1)N(C)CC(=O)NC(C)(C)C.I. The molecule has 0 radical (unpaired) electrons. The second-order valence-electron chi connectivity index (χ2n) is 7.82. The van der Waals surface area contributed by atoms with Crippen LogP contribution in [0.4, 0.5) is 0 Å². The van der Waals surface area contributed by atoms with E-state index in [1.807, 2.05) is 38.8 Å². The lowest BCUT2D eigenvalue weighted by atomic mass is 9.96. The van der Waals surface area contributed by atoms with Gasteiger partial charge in [0.1, 0.15) is 0 Å². The fraction of sp³-hybridized carbons (Fsp3) is 0.579. The maximum Gasteiger partial charge on any atom is 0.240 e. The number of aliphatic imine (C=N–C) groups is 1. The predicted octanol–water partition coefficient (Wildman–Crippen LogP) is 3.52. The third-order valence-electron chi connectivity index (χ3n) is 4.35. The summed E-state index contributed by atoms with van der Waals surface area (Å²) in [5, 5.41) is 6.42. The molecule has 1 saturated carbocycles. The van der Waals surface area contributed by atoms with Crippen molar-refractivity contribution in [2.75, 3.05) is 27.2 Å². The lowest BCUT2D eigenvalue weighted by molar-refractivity contribution is -0.122. The Labute approximate surface area is 182 Å². The van der Waals surface area contributed by atoms with Crippen molar-refractivity contribution in [1.29, 1.82) is 0 Å². The van der Waals surface area contributed by atoms with Gasteiger partial charge in [0, 0.05) is 36.1 Å². The number of hydrogen-bond donors (Lipinski definition) is 2. The molecule has 1 aliphatic rings. The van der Waals surface area contributed by atoms with Crippen molar-refractivity contribution < 1.29 is 4.79 Å². The van der Waals surface area contributed by atoms with Crippen LogP contribution in [0.3, 0.4) is 0 Å². The molecule has 0 aromatic heterocycles. The summed E-state index contributed by atoms with van der Waals surface area (Å²) >= 11 is 3.66. The third kappa shape index (κ3) is 6.40. The summed E-state index contributed by atoms with van der Waals surface area (Å²) in [7, 11) is 3.63. The Balaban J connectivity index is 0.00000338. The molecule has 146 valence electrons. The molecular weight excluding hydrogens is 507 g/mol. The Morgan fingerprint density at radius 2 is 1.92 bits per heavy atom. The second kappa shape index (κ2) is 9.39. The summed E-state index contributed by atoms with van der Waals surface area (Å²) in [6.07, 6.45) is 2.32. The fourth-order valence-corrected chi connectivity index (χ4v) is 3.67. The van der Waals surface area contributed by atoms with E-state index in [-0.39, 0.29) is 47.4 Å². The Bertz CT molecular complexity index is 653. The first-order chi connectivity index (χ1) is 11.7. The second-order valence-corrected chi connectivity index (χ2v) is 8.67. The van der Waals surface area contributed by atoms with E-state index in [2.05, 4.69) is 49.8 Å². The molecule has 1 aliphatic carbocycles. The van der Waals surface area contributed by atoms with Crippen LogP contribution in [0.5, 0.6) is 0 Å². The largest absolute Gasteiger partial charge is 0.355 e. The van der Waals surface area contributed by atoms with Gasteiger partial charge in [-0.3, -0.25) is 9.79 Å². The minimum absolute atomic E-state index is 0. The molecule has 26 heavy (non-hydrogen) atoms. The Kier molecular flexibility index (Phi) is 8.38. The van der Waals surface area contributed by atoms with Gasteiger partial charge in [0.15, 0.2) is 5.96 Å². The van der Waals surface area contributed by atoms with Crippen molar-refractivity contribution in [2.24, 2.45) is 4.99 Å². The van der Waals surface area contributed by atoms with Crippen LogP contribution in [0.15, 0.2) is 33.7 Å². The maximum absolute atomic E-state index is 12.1. The number of halogens is 2.